The van der Waals surface area contributed by atoms with Gasteiger partial charge in [0.2, 0.25) is 0 Å². The van der Waals surface area contributed by atoms with Gasteiger partial charge in [-0.3, -0.25) is 0 Å². The molecule has 0 unspecified atom stereocenters. The minimum Gasteiger partial charge on any atom is -0.343 e. The number of rotatable bonds is 4. The van der Waals surface area contributed by atoms with Crippen LogP contribution in [0.4, 0.5) is 13.2 Å². The molecule has 25 heavy (non-hydrogen) atoms. The summed E-state index contributed by atoms with van der Waals surface area (Å²) in [5.74, 6) is 0. The van der Waals surface area contributed by atoms with Gasteiger partial charge < -0.3 is 4.57 Å². The molecule has 0 atom stereocenters. The first kappa shape index (κ1) is 17.9. The van der Waals surface area contributed by atoms with E-state index in [1.54, 1.807) is 28.8 Å². The zero-order chi connectivity index (χ0) is 18.2. The summed E-state index contributed by atoms with van der Waals surface area (Å²) >= 11 is 12.1. The monoisotopic (exact) mass is 383 g/mol. The average Bonchev–Trinajstić information content (AvgIpc) is 2.87. The van der Waals surface area contributed by atoms with Gasteiger partial charge in [-0.05, 0) is 41.8 Å². The smallest absolute Gasteiger partial charge is 0.343 e. The Bertz CT molecular complexity index is 942. The van der Waals surface area contributed by atoms with Crippen LogP contribution in [0.5, 0.6) is 0 Å². The van der Waals surface area contributed by atoms with E-state index in [-0.39, 0.29) is 0 Å². The standard InChI is InChI=1S/C19H14Cl2F3N/c1-2-3-12-10-25(11-13-4-6-15(20)9-17(13)21)18-8-14(19(22,23)24)5-7-16(12)18/h2,4-10H,1,3,11H2. The molecule has 0 aliphatic rings. The second kappa shape index (κ2) is 6.77. The summed E-state index contributed by atoms with van der Waals surface area (Å²) in [7, 11) is 0. The maximum Gasteiger partial charge on any atom is 0.416 e. The van der Waals surface area contributed by atoms with Gasteiger partial charge in [-0.2, -0.15) is 13.2 Å². The molecule has 0 bridgehead atoms. The summed E-state index contributed by atoms with van der Waals surface area (Å²) < 4.78 is 41.0. The van der Waals surface area contributed by atoms with Crippen LogP contribution in [0, 0.1) is 0 Å². The lowest BCUT2D eigenvalue weighted by atomic mass is 10.1. The summed E-state index contributed by atoms with van der Waals surface area (Å²) in [5, 5.41) is 1.77. The highest BCUT2D eigenvalue weighted by Gasteiger charge is 2.31. The van der Waals surface area contributed by atoms with Gasteiger partial charge in [0, 0.05) is 33.7 Å². The predicted octanol–water partition coefficient (Wildman–Crippen LogP) is 6.74. The lowest BCUT2D eigenvalue weighted by Gasteiger charge is -2.10. The number of allylic oxidation sites excluding steroid dienone is 1. The molecule has 3 aromatic rings. The van der Waals surface area contributed by atoms with Crippen molar-refractivity contribution >= 4 is 34.1 Å². The first-order valence-corrected chi connectivity index (χ1v) is 8.29. The molecule has 0 N–H and O–H groups in total. The Morgan fingerprint density at radius 3 is 2.44 bits per heavy atom. The van der Waals surface area contributed by atoms with Gasteiger partial charge in [-0.1, -0.05) is 41.4 Å². The fraction of sp³-hybridized carbons (Fsp3) is 0.158. The van der Waals surface area contributed by atoms with Crippen molar-refractivity contribution < 1.29 is 13.2 Å². The summed E-state index contributed by atoms with van der Waals surface area (Å²) in [6.07, 6.45) is -0.244. The van der Waals surface area contributed by atoms with Crippen molar-refractivity contribution in [2.75, 3.05) is 0 Å². The van der Waals surface area contributed by atoms with Crippen LogP contribution in [-0.4, -0.2) is 4.57 Å². The minimum atomic E-state index is -4.39. The molecule has 2 aromatic carbocycles. The van der Waals surface area contributed by atoms with E-state index in [2.05, 4.69) is 6.58 Å². The molecular formula is C19H14Cl2F3N. The van der Waals surface area contributed by atoms with Gasteiger partial charge in [0.1, 0.15) is 0 Å². The number of hydrogen-bond acceptors (Lipinski definition) is 0. The van der Waals surface area contributed by atoms with Crippen LogP contribution in [0.25, 0.3) is 10.9 Å². The summed E-state index contributed by atoms with van der Waals surface area (Å²) in [6, 6.07) is 8.89. The first-order chi connectivity index (χ1) is 11.8. The lowest BCUT2D eigenvalue weighted by Crippen LogP contribution is -2.05. The third-order valence-electron chi connectivity index (χ3n) is 4.01. The number of alkyl halides is 3. The van der Waals surface area contributed by atoms with Gasteiger partial charge in [-0.25, -0.2) is 0 Å². The van der Waals surface area contributed by atoms with E-state index < -0.39 is 11.7 Å². The Balaban J connectivity index is 2.13. The second-order valence-corrected chi connectivity index (χ2v) is 6.58. The van der Waals surface area contributed by atoms with E-state index in [4.69, 9.17) is 23.2 Å². The normalized spacial score (nSPS) is 11.9. The van der Waals surface area contributed by atoms with Crippen LogP contribution in [0.3, 0.4) is 0 Å². The Morgan fingerprint density at radius 2 is 1.80 bits per heavy atom. The van der Waals surface area contributed by atoms with Gasteiger partial charge in [0.25, 0.3) is 0 Å². The average molecular weight is 384 g/mol. The van der Waals surface area contributed by atoms with Crippen LogP contribution < -0.4 is 0 Å². The number of aromatic nitrogens is 1. The molecule has 130 valence electrons. The molecule has 0 amide bonds. The Morgan fingerprint density at radius 1 is 1.04 bits per heavy atom. The van der Waals surface area contributed by atoms with Crippen molar-refractivity contribution in [1.82, 2.24) is 4.57 Å². The van der Waals surface area contributed by atoms with E-state index in [1.807, 2.05) is 6.20 Å². The third kappa shape index (κ3) is 3.70. The highest BCUT2D eigenvalue weighted by atomic mass is 35.5. The van der Waals surface area contributed by atoms with Gasteiger partial charge in [0.05, 0.1) is 5.56 Å². The largest absolute Gasteiger partial charge is 0.416 e. The summed E-state index contributed by atoms with van der Waals surface area (Å²) in [5.41, 5.74) is 1.54. The van der Waals surface area contributed by atoms with Crippen LogP contribution in [0.2, 0.25) is 10.0 Å². The number of nitrogens with zero attached hydrogens (tertiary/aromatic N) is 1. The lowest BCUT2D eigenvalue weighted by molar-refractivity contribution is -0.137. The molecule has 1 aromatic heterocycles. The van der Waals surface area contributed by atoms with Crippen molar-refractivity contribution in [3.05, 3.63) is 82.0 Å². The predicted molar refractivity (Wildman–Crippen MR) is 96.4 cm³/mol. The molecule has 0 radical (unpaired) electrons. The Kier molecular flexibility index (Phi) is 4.85. The molecule has 0 aliphatic carbocycles. The van der Waals surface area contributed by atoms with Crippen LogP contribution in [0.15, 0.2) is 55.3 Å². The topological polar surface area (TPSA) is 4.93 Å². The molecule has 1 nitrogen and oxygen atoms in total. The maximum atomic E-state index is 13.1. The number of halogens is 5. The fourth-order valence-electron chi connectivity index (χ4n) is 2.83. The van der Waals surface area contributed by atoms with E-state index in [9.17, 15) is 13.2 Å². The first-order valence-electron chi connectivity index (χ1n) is 7.53. The molecule has 0 aliphatic heterocycles. The van der Waals surface area contributed by atoms with Gasteiger partial charge in [0.15, 0.2) is 0 Å². The highest BCUT2D eigenvalue weighted by molar-refractivity contribution is 6.35. The van der Waals surface area contributed by atoms with Gasteiger partial charge >= 0.3 is 6.18 Å². The van der Waals surface area contributed by atoms with E-state index in [0.717, 1.165) is 22.6 Å². The molecular weight excluding hydrogens is 370 g/mol. The Labute approximate surface area is 153 Å². The van der Waals surface area contributed by atoms with Crippen molar-refractivity contribution in [3.63, 3.8) is 0 Å². The van der Waals surface area contributed by atoms with Crippen molar-refractivity contribution in [2.24, 2.45) is 0 Å². The molecule has 3 rings (SSSR count). The third-order valence-corrected chi connectivity index (χ3v) is 4.60. The molecule has 6 heteroatoms. The molecule has 0 spiro atoms. The zero-order valence-electron chi connectivity index (χ0n) is 13.1. The van der Waals surface area contributed by atoms with Crippen molar-refractivity contribution in [3.8, 4) is 0 Å². The highest BCUT2D eigenvalue weighted by Crippen LogP contribution is 2.34. The summed E-state index contributed by atoms with van der Waals surface area (Å²) in [4.78, 5) is 0. The minimum absolute atomic E-state index is 0.352. The maximum absolute atomic E-state index is 13.1. The molecule has 0 fully saturated rings. The molecule has 1 heterocycles. The van der Waals surface area contributed by atoms with Crippen LogP contribution >= 0.6 is 23.2 Å². The van der Waals surface area contributed by atoms with Crippen molar-refractivity contribution in [1.29, 1.82) is 0 Å². The van der Waals surface area contributed by atoms with Crippen molar-refractivity contribution in [2.45, 2.75) is 19.1 Å². The summed E-state index contributed by atoms with van der Waals surface area (Å²) in [6.45, 7) is 4.06. The molecule has 0 saturated carbocycles. The van der Waals surface area contributed by atoms with E-state index >= 15 is 0 Å². The zero-order valence-corrected chi connectivity index (χ0v) is 14.6. The molecule has 0 saturated heterocycles. The fourth-order valence-corrected chi connectivity index (χ4v) is 3.30. The number of hydrogen-bond donors (Lipinski definition) is 0. The second-order valence-electron chi connectivity index (χ2n) is 5.74. The number of fused-ring (bicyclic) bond motifs is 1. The Hall–Kier alpha value is -1.91. The quantitative estimate of drug-likeness (QED) is 0.439. The van der Waals surface area contributed by atoms with E-state index in [1.165, 1.54) is 12.1 Å². The van der Waals surface area contributed by atoms with E-state index in [0.29, 0.717) is 28.5 Å². The number of benzene rings is 2. The van der Waals surface area contributed by atoms with Crippen LogP contribution in [0.1, 0.15) is 16.7 Å². The SMILES string of the molecule is C=CCc1cn(Cc2ccc(Cl)cc2Cl)c2cc(C(F)(F)F)ccc12. The van der Waals surface area contributed by atoms with Crippen LogP contribution in [-0.2, 0) is 19.1 Å². The van der Waals surface area contributed by atoms with Gasteiger partial charge in [-0.15, -0.1) is 6.58 Å².